The number of alkyl halides is 7. The van der Waals surface area contributed by atoms with Gasteiger partial charge >= 0.3 is 18.2 Å². The van der Waals surface area contributed by atoms with Crippen LogP contribution in [0.4, 0.5) is 30.7 Å². The van der Waals surface area contributed by atoms with Gasteiger partial charge in [-0.15, -0.1) is 0 Å². The van der Waals surface area contributed by atoms with Crippen LogP contribution in [0.5, 0.6) is 0 Å². The lowest BCUT2D eigenvalue weighted by Gasteiger charge is -2.26. The Bertz CT molecular complexity index is 200. The zero-order valence-corrected chi connectivity index (χ0v) is 7.12. The SMILES string of the molecule is OCCOC(F)(F)C(F)(F)CC(F)(F)F. The maximum absolute atomic E-state index is 12.3. The Morgan fingerprint density at radius 2 is 1.40 bits per heavy atom. The Kier molecular flexibility index (Phi) is 4.35. The van der Waals surface area contributed by atoms with Crippen molar-refractivity contribution in [2.24, 2.45) is 0 Å². The van der Waals surface area contributed by atoms with Crippen LogP contribution >= 0.6 is 0 Å². The van der Waals surface area contributed by atoms with E-state index in [9.17, 15) is 30.7 Å². The van der Waals surface area contributed by atoms with Crippen molar-refractivity contribution in [2.45, 2.75) is 24.6 Å². The predicted molar refractivity (Wildman–Crippen MR) is 33.6 cm³/mol. The summed E-state index contributed by atoms with van der Waals surface area (Å²) in [5.41, 5.74) is 0. The number of aliphatic hydroxyl groups excluding tert-OH is 1. The molecule has 0 radical (unpaired) electrons. The molecule has 1 N–H and O–H groups in total. The van der Waals surface area contributed by atoms with Crippen molar-refractivity contribution in [3.05, 3.63) is 0 Å². The highest BCUT2D eigenvalue weighted by atomic mass is 19.4. The molecule has 0 rings (SSSR count). The summed E-state index contributed by atoms with van der Waals surface area (Å²) in [6.07, 6.45) is -13.7. The van der Waals surface area contributed by atoms with Gasteiger partial charge in [-0.1, -0.05) is 0 Å². The van der Waals surface area contributed by atoms with E-state index in [0.717, 1.165) is 0 Å². The van der Waals surface area contributed by atoms with Gasteiger partial charge in [0.2, 0.25) is 0 Å². The first-order chi connectivity index (χ1) is 6.52. The van der Waals surface area contributed by atoms with E-state index in [1.807, 2.05) is 0 Å². The summed E-state index contributed by atoms with van der Waals surface area (Å²) in [5.74, 6) is -5.36. The average molecular weight is 244 g/mol. The second-order valence-electron chi connectivity index (χ2n) is 2.59. The highest BCUT2D eigenvalue weighted by Crippen LogP contribution is 2.42. The van der Waals surface area contributed by atoms with Crippen molar-refractivity contribution in [1.82, 2.24) is 0 Å². The zero-order valence-electron chi connectivity index (χ0n) is 7.12. The number of ether oxygens (including phenoxy) is 1. The first kappa shape index (κ1) is 14.4. The van der Waals surface area contributed by atoms with E-state index >= 15 is 0 Å². The molecule has 0 saturated heterocycles. The van der Waals surface area contributed by atoms with Gasteiger partial charge in [-0.2, -0.15) is 30.7 Å². The van der Waals surface area contributed by atoms with Crippen molar-refractivity contribution >= 4 is 0 Å². The second kappa shape index (κ2) is 4.52. The lowest BCUT2D eigenvalue weighted by molar-refractivity contribution is -0.366. The molecule has 0 amide bonds. The van der Waals surface area contributed by atoms with Gasteiger partial charge in [0.25, 0.3) is 0 Å². The van der Waals surface area contributed by atoms with E-state index in [2.05, 4.69) is 4.74 Å². The van der Waals surface area contributed by atoms with Crippen LogP contribution in [0.2, 0.25) is 0 Å². The first-order valence-electron chi connectivity index (χ1n) is 3.59. The first-order valence-corrected chi connectivity index (χ1v) is 3.59. The van der Waals surface area contributed by atoms with E-state index in [0.29, 0.717) is 0 Å². The Hall–Kier alpha value is -0.570. The van der Waals surface area contributed by atoms with Crippen LogP contribution < -0.4 is 0 Å². The Morgan fingerprint density at radius 3 is 1.73 bits per heavy atom. The summed E-state index contributed by atoms with van der Waals surface area (Å²) in [4.78, 5) is 0. The van der Waals surface area contributed by atoms with Gasteiger partial charge in [0, 0.05) is 0 Å². The lowest BCUT2D eigenvalue weighted by Crippen LogP contribution is -2.46. The third-order valence-corrected chi connectivity index (χ3v) is 1.22. The van der Waals surface area contributed by atoms with Gasteiger partial charge < -0.3 is 9.84 Å². The minimum absolute atomic E-state index is 1.00. The van der Waals surface area contributed by atoms with E-state index in [1.165, 1.54) is 0 Å². The van der Waals surface area contributed by atoms with Crippen LogP contribution in [0, 0.1) is 0 Å². The second-order valence-corrected chi connectivity index (χ2v) is 2.59. The fourth-order valence-corrected chi connectivity index (χ4v) is 0.634. The summed E-state index contributed by atoms with van der Waals surface area (Å²) in [7, 11) is 0. The molecule has 0 spiro atoms. The molecule has 0 aliphatic rings. The molecule has 0 saturated carbocycles. The van der Waals surface area contributed by atoms with Crippen molar-refractivity contribution in [1.29, 1.82) is 0 Å². The average Bonchev–Trinajstić information content (AvgIpc) is 1.96. The quantitative estimate of drug-likeness (QED) is 0.751. The molecular formula is C6H7F7O2. The monoisotopic (exact) mass is 244 g/mol. The molecule has 0 aliphatic carbocycles. The topological polar surface area (TPSA) is 29.5 Å². The van der Waals surface area contributed by atoms with Crippen molar-refractivity contribution in [3.63, 3.8) is 0 Å². The number of hydrogen-bond donors (Lipinski definition) is 1. The molecule has 0 aromatic heterocycles. The lowest BCUT2D eigenvalue weighted by atomic mass is 10.2. The van der Waals surface area contributed by atoms with Gasteiger partial charge in [-0.25, -0.2) is 0 Å². The molecule has 0 aliphatic heterocycles. The van der Waals surface area contributed by atoms with Gasteiger partial charge in [-0.05, 0) is 0 Å². The van der Waals surface area contributed by atoms with Gasteiger partial charge in [0.1, 0.15) is 6.42 Å². The van der Waals surface area contributed by atoms with E-state index in [1.54, 1.807) is 0 Å². The predicted octanol–water partition coefficient (Wildman–Crippen LogP) is 2.18. The highest BCUT2D eigenvalue weighted by Gasteiger charge is 2.62. The fourth-order valence-electron chi connectivity index (χ4n) is 0.634. The van der Waals surface area contributed by atoms with Crippen molar-refractivity contribution in [2.75, 3.05) is 13.2 Å². The Morgan fingerprint density at radius 1 is 0.933 bits per heavy atom. The Balaban J connectivity index is 4.54. The van der Waals surface area contributed by atoms with Crippen LogP contribution in [0.25, 0.3) is 0 Å². The molecule has 9 heteroatoms. The summed E-state index contributed by atoms with van der Waals surface area (Å²) < 4.78 is 87.0. The summed E-state index contributed by atoms with van der Waals surface area (Å²) in [6, 6.07) is 0. The molecule has 2 nitrogen and oxygen atoms in total. The van der Waals surface area contributed by atoms with Crippen molar-refractivity contribution < 1.29 is 40.6 Å². The van der Waals surface area contributed by atoms with E-state index in [4.69, 9.17) is 5.11 Å². The third kappa shape index (κ3) is 4.65. The van der Waals surface area contributed by atoms with E-state index < -0.39 is 37.8 Å². The fraction of sp³-hybridized carbons (Fsp3) is 1.00. The molecule has 0 bridgehead atoms. The Labute approximate surface area is 79.6 Å². The number of halogens is 7. The normalized spacial score (nSPS) is 14.4. The molecule has 0 aromatic rings. The van der Waals surface area contributed by atoms with Crippen LogP contribution in [-0.2, 0) is 4.74 Å². The number of rotatable bonds is 5. The molecular weight excluding hydrogens is 237 g/mol. The van der Waals surface area contributed by atoms with Crippen LogP contribution in [0.15, 0.2) is 0 Å². The van der Waals surface area contributed by atoms with Crippen LogP contribution in [0.1, 0.15) is 6.42 Å². The molecule has 0 fully saturated rings. The maximum Gasteiger partial charge on any atom is 0.419 e. The standard InChI is InChI=1S/C6H7F7O2/c7-4(8,3-5(9,10)11)6(12,13)15-2-1-14/h14H,1-3H2. The molecule has 0 aromatic carbocycles. The maximum atomic E-state index is 12.3. The zero-order chi connectivity index (χ0) is 12.3. The van der Waals surface area contributed by atoms with Crippen molar-refractivity contribution in [3.8, 4) is 0 Å². The van der Waals surface area contributed by atoms with Gasteiger partial charge in [-0.3, -0.25) is 0 Å². The van der Waals surface area contributed by atoms with Crippen LogP contribution in [0.3, 0.4) is 0 Å². The minimum Gasteiger partial charge on any atom is -0.394 e. The molecule has 0 atom stereocenters. The van der Waals surface area contributed by atoms with Gasteiger partial charge in [0.15, 0.2) is 0 Å². The summed E-state index contributed by atoms with van der Waals surface area (Å²) >= 11 is 0. The van der Waals surface area contributed by atoms with Gasteiger partial charge in [0.05, 0.1) is 13.2 Å². The largest absolute Gasteiger partial charge is 0.419 e. The minimum atomic E-state index is -5.44. The summed E-state index contributed by atoms with van der Waals surface area (Å²) in [6.45, 7) is -2.18. The third-order valence-electron chi connectivity index (χ3n) is 1.22. The van der Waals surface area contributed by atoms with Crippen LogP contribution in [-0.4, -0.2) is 36.5 Å². The molecule has 92 valence electrons. The number of aliphatic hydroxyl groups is 1. The molecule has 0 unspecified atom stereocenters. The van der Waals surface area contributed by atoms with E-state index in [-0.39, 0.29) is 0 Å². The molecule has 15 heavy (non-hydrogen) atoms. The number of hydrogen-bond acceptors (Lipinski definition) is 2. The molecule has 0 heterocycles. The smallest absolute Gasteiger partial charge is 0.394 e. The summed E-state index contributed by atoms with van der Waals surface area (Å²) in [5, 5.41) is 8.00. The highest BCUT2D eigenvalue weighted by molar-refractivity contribution is 4.80.